The van der Waals surface area contributed by atoms with Gasteiger partial charge < -0.3 is 19.3 Å². The second-order valence-corrected chi connectivity index (χ2v) is 9.33. The number of aromatic nitrogens is 1. The summed E-state index contributed by atoms with van der Waals surface area (Å²) in [6, 6.07) is 2.95. The summed E-state index contributed by atoms with van der Waals surface area (Å²) in [5.74, 6) is -3.31. The number of carbonyl (C=O) groups excluding carboxylic acids is 2. The van der Waals surface area contributed by atoms with Gasteiger partial charge >= 0.3 is 0 Å². The molecule has 1 fully saturated rings. The van der Waals surface area contributed by atoms with Crippen LogP contribution in [0.4, 0.5) is 8.78 Å². The molecule has 1 aromatic heterocycles. The van der Waals surface area contributed by atoms with Gasteiger partial charge in [-0.3, -0.25) is 14.4 Å². The van der Waals surface area contributed by atoms with Gasteiger partial charge in [0.05, 0.1) is 17.2 Å². The van der Waals surface area contributed by atoms with Crippen molar-refractivity contribution in [2.75, 3.05) is 13.2 Å². The minimum absolute atomic E-state index is 0.0257. The Hall–Kier alpha value is -3.07. The number of hydrogen-bond donors (Lipinski definition) is 1. The van der Waals surface area contributed by atoms with Crippen LogP contribution in [0.5, 0.6) is 5.75 Å². The average molecular weight is 475 g/mol. The van der Waals surface area contributed by atoms with E-state index in [0.717, 1.165) is 12.1 Å². The fraction of sp³-hybridized carbons (Fsp3) is 0.480. The normalized spacial score (nSPS) is 21.6. The molecule has 2 heterocycles. The van der Waals surface area contributed by atoms with Gasteiger partial charge in [0.2, 0.25) is 5.43 Å². The maximum absolute atomic E-state index is 14.0. The van der Waals surface area contributed by atoms with E-state index in [1.54, 1.807) is 9.47 Å². The van der Waals surface area contributed by atoms with Crippen LogP contribution in [0.1, 0.15) is 66.4 Å². The Morgan fingerprint density at radius 3 is 2.59 bits per heavy atom. The van der Waals surface area contributed by atoms with E-state index < -0.39 is 40.0 Å². The minimum atomic E-state index is -0.925. The van der Waals surface area contributed by atoms with Gasteiger partial charge in [-0.25, -0.2) is 8.78 Å². The lowest BCUT2D eigenvalue weighted by Gasteiger charge is -2.55. The molecular weight excluding hydrogens is 446 g/mol. The quantitative estimate of drug-likeness (QED) is 0.622. The van der Waals surface area contributed by atoms with Crippen LogP contribution in [0.3, 0.4) is 0 Å². The maximum atomic E-state index is 14.0. The van der Waals surface area contributed by atoms with Gasteiger partial charge in [0, 0.05) is 37.9 Å². The number of fused-ring (bicyclic) bond motifs is 2. The van der Waals surface area contributed by atoms with Crippen molar-refractivity contribution in [1.82, 2.24) is 9.47 Å². The van der Waals surface area contributed by atoms with Gasteiger partial charge in [-0.2, -0.15) is 0 Å². The van der Waals surface area contributed by atoms with Crippen molar-refractivity contribution in [3.8, 4) is 5.75 Å². The van der Waals surface area contributed by atoms with Crippen LogP contribution in [0.2, 0.25) is 0 Å². The Kier molecular flexibility index (Phi) is 6.33. The third-order valence-electron chi connectivity index (χ3n) is 6.80. The standard InChI is InChI=1S/C25H28F2N2O5/c1-4-34-17-10-25(11-17)13-28(14(2)3)24(33)21-23(32)22(31)18(12-29(21)25)20(30)8-6-15-5-7-16(26)9-19(15)27/h5,7,9,12,14,17,32H,4,6,8,10-11,13H2,1-3H3. The third-order valence-corrected chi connectivity index (χ3v) is 6.80. The van der Waals surface area contributed by atoms with Crippen molar-refractivity contribution in [2.45, 2.75) is 64.1 Å². The number of carbonyl (C=O) groups is 2. The number of aryl methyl sites for hydroxylation is 1. The highest BCUT2D eigenvalue weighted by molar-refractivity contribution is 6.00. The van der Waals surface area contributed by atoms with Gasteiger partial charge in [0.15, 0.2) is 17.2 Å². The molecule has 182 valence electrons. The van der Waals surface area contributed by atoms with Gasteiger partial charge in [0.25, 0.3) is 5.91 Å². The number of rotatable bonds is 7. The van der Waals surface area contributed by atoms with Gasteiger partial charge in [0.1, 0.15) is 11.6 Å². The highest BCUT2D eigenvalue weighted by Gasteiger charge is 2.53. The van der Waals surface area contributed by atoms with E-state index in [1.165, 1.54) is 12.3 Å². The Bertz CT molecular complexity index is 1200. The van der Waals surface area contributed by atoms with E-state index in [1.807, 2.05) is 20.8 Å². The van der Waals surface area contributed by atoms with E-state index >= 15 is 0 Å². The molecule has 0 radical (unpaired) electrons. The molecule has 1 spiro atoms. The summed E-state index contributed by atoms with van der Waals surface area (Å²) in [7, 11) is 0. The molecule has 2 aliphatic rings. The molecular formula is C25H28F2N2O5. The van der Waals surface area contributed by atoms with Crippen molar-refractivity contribution in [1.29, 1.82) is 0 Å². The lowest BCUT2D eigenvalue weighted by molar-refractivity contribution is -0.0871. The second-order valence-electron chi connectivity index (χ2n) is 9.33. The lowest BCUT2D eigenvalue weighted by atomic mass is 9.71. The van der Waals surface area contributed by atoms with Crippen LogP contribution in [0.15, 0.2) is 29.2 Å². The number of amides is 1. The van der Waals surface area contributed by atoms with E-state index in [-0.39, 0.29) is 41.8 Å². The van der Waals surface area contributed by atoms with E-state index in [4.69, 9.17) is 4.74 Å². The van der Waals surface area contributed by atoms with Crippen LogP contribution in [-0.2, 0) is 16.7 Å². The zero-order valence-corrected chi connectivity index (χ0v) is 19.4. The predicted octanol–water partition coefficient (Wildman–Crippen LogP) is 3.41. The monoisotopic (exact) mass is 474 g/mol. The number of halogens is 2. The fourth-order valence-corrected chi connectivity index (χ4v) is 4.97. The van der Waals surface area contributed by atoms with Gasteiger partial charge in [-0.05, 0) is 51.7 Å². The number of ketones is 1. The molecule has 2 aromatic rings. The zero-order chi connectivity index (χ0) is 24.8. The summed E-state index contributed by atoms with van der Waals surface area (Å²) >= 11 is 0. The van der Waals surface area contributed by atoms with Crippen molar-refractivity contribution in [3.05, 3.63) is 63.1 Å². The Balaban J connectivity index is 1.70. The van der Waals surface area contributed by atoms with E-state index in [2.05, 4.69) is 0 Å². The summed E-state index contributed by atoms with van der Waals surface area (Å²) in [5.41, 5.74) is -1.76. The summed E-state index contributed by atoms with van der Waals surface area (Å²) in [4.78, 5) is 40.6. The molecule has 1 aliphatic heterocycles. The number of ether oxygens (including phenoxy) is 1. The average Bonchev–Trinajstić information content (AvgIpc) is 2.75. The SMILES string of the molecule is CCOC1CC2(C1)CN(C(C)C)C(=O)c1c(O)c(=O)c(C(=O)CCc3ccc(F)cc3F)cn12. The molecule has 1 aliphatic carbocycles. The summed E-state index contributed by atoms with van der Waals surface area (Å²) in [5, 5.41) is 10.8. The number of nitrogens with zero attached hydrogens (tertiary/aromatic N) is 2. The fourth-order valence-electron chi connectivity index (χ4n) is 4.97. The first-order valence-corrected chi connectivity index (χ1v) is 11.5. The molecule has 1 aromatic carbocycles. The summed E-state index contributed by atoms with van der Waals surface area (Å²) < 4.78 is 34.4. The molecule has 7 nitrogen and oxygen atoms in total. The van der Waals surface area contributed by atoms with E-state index in [0.29, 0.717) is 26.0 Å². The van der Waals surface area contributed by atoms with Crippen LogP contribution < -0.4 is 5.43 Å². The van der Waals surface area contributed by atoms with Crippen LogP contribution in [-0.4, -0.2) is 51.6 Å². The second kappa shape index (κ2) is 8.94. The highest BCUT2D eigenvalue weighted by atomic mass is 19.1. The number of hydrogen-bond acceptors (Lipinski definition) is 5. The third kappa shape index (κ3) is 4.02. The van der Waals surface area contributed by atoms with E-state index in [9.17, 15) is 28.3 Å². The van der Waals surface area contributed by atoms with Crippen molar-refractivity contribution in [2.24, 2.45) is 0 Å². The molecule has 1 N–H and O–H groups in total. The first-order valence-electron chi connectivity index (χ1n) is 11.5. The molecule has 0 bridgehead atoms. The summed E-state index contributed by atoms with van der Waals surface area (Å²) in [6.07, 6.45) is 2.23. The van der Waals surface area contributed by atoms with Crippen LogP contribution >= 0.6 is 0 Å². The van der Waals surface area contributed by atoms with Crippen molar-refractivity contribution in [3.63, 3.8) is 0 Å². The van der Waals surface area contributed by atoms with Gasteiger partial charge in [-0.15, -0.1) is 0 Å². The molecule has 1 amide bonds. The highest BCUT2D eigenvalue weighted by Crippen LogP contribution is 2.46. The van der Waals surface area contributed by atoms with Gasteiger partial charge in [-0.1, -0.05) is 6.07 Å². The topological polar surface area (TPSA) is 88.8 Å². The molecule has 0 unspecified atom stereocenters. The Morgan fingerprint density at radius 1 is 1.26 bits per heavy atom. The largest absolute Gasteiger partial charge is 0.503 e. The minimum Gasteiger partial charge on any atom is -0.503 e. The number of pyridine rings is 1. The molecule has 9 heteroatoms. The lowest BCUT2D eigenvalue weighted by Crippen LogP contribution is -2.63. The maximum Gasteiger partial charge on any atom is 0.274 e. The smallest absolute Gasteiger partial charge is 0.274 e. The summed E-state index contributed by atoms with van der Waals surface area (Å²) in [6.45, 7) is 6.53. The molecule has 0 atom stereocenters. The first-order chi connectivity index (χ1) is 16.1. The first kappa shape index (κ1) is 24.1. The molecule has 4 rings (SSSR count). The number of Topliss-reactive ketones (excluding diaryl/α,β-unsaturated/α-hetero) is 1. The van der Waals surface area contributed by atoms with Crippen molar-refractivity contribution < 1.29 is 28.2 Å². The molecule has 34 heavy (non-hydrogen) atoms. The van der Waals surface area contributed by atoms with Crippen LogP contribution in [0.25, 0.3) is 0 Å². The zero-order valence-electron chi connectivity index (χ0n) is 19.4. The molecule has 1 saturated carbocycles. The Morgan fingerprint density at radius 2 is 1.97 bits per heavy atom. The number of benzene rings is 1. The Labute approximate surface area is 195 Å². The predicted molar refractivity (Wildman–Crippen MR) is 120 cm³/mol. The van der Waals surface area contributed by atoms with Crippen molar-refractivity contribution >= 4 is 11.7 Å². The number of aromatic hydroxyl groups is 1. The van der Waals surface area contributed by atoms with Crippen LogP contribution in [0, 0.1) is 11.6 Å². The molecule has 0 saturated heterocycles.